The first-order valence-electron chi connectivity index (χ1n) is 7.76. The molecule has 3 rings (SSSR count). The quantitative estimate of drug-likeness (QED) is 0.891. The van der Waals surface area contributed by atoms with Gasteiger partial charge in [0.2, 0.25) is 0 Å². The molecule has 20 heavy (non-hydrogen) atoms. The Morgan fingerprint density at radius 3 is 2.85 bits per heavy atom. The van der Waals surface area contributed by atoms with E-state index in [0.717, 1.165) is 31.2 Å². The van der Waals surface area contributed by atoms with Gasteiger partial charge < -0.3 is 10.8 Å². The summed E-state index contributed by atoms with van der Waals surface area (Å²) in [6.07, 6.45) is 5.41. The predicted molar refractivity (Wildman–Crippen MR) is 77.7 cm³/mol. The topological polar surface area (TPSA) is 46.2 Å². The zero-order chi connectivity index (χ0) is 14.4. The largest absolute Gasteiger partial charge is 0.385 e. The highest BCUT2D eigenvalue weighted by atomic mass is 19.1. The molecule has 0 spiro atoms. The maximum Gasteiger partial charge on any atom is 0.126 e. The van der Waals surface area contributed by atoms with Gasteiger partial charge in [-0.1, -0.05) is 25.5 Å². The summed E-state index contributed by atoms with van der Waals surface area (Å²) in [7, 11) is 0. The van der Waals surface area contributed by atoms with Gasteiger partial charge in [0, 0.05) is 12.0 Å². The van der Waals surface area contributed by atoms with E-state index in [2.05, 4.69) is 6.92 Å². The second kappa shape index (κ2) is 4.81. The molecule has 0 aromatic heterocycles. The first-order chi connectivity index (χ1) is 9.56. The molecule has 0 heterocycles. The molecule has 110 valence electrons. The van der Waals surface area contributed by atoms with Gasteiger partial charge in [0.05, 0.1) is 5.60 Å². The van der Waals surface area contributed by atoms with Crippen LogP contribution in [0, 0.1) is 17.2 Å². The van der Waals surface area contributed by atoms with E-state index in [1.807, 2.05) is 6.07 Å². The van der Waals surface area contributed by atoms with Crippen molar-refractivity contribution in [1.82, 2.24) is 0 Å². The first-order valence-corrected chi connectivity index (χ1v) is 7.76. The Morgan fingerprint density at radius 2 is 2.20 bits per heavy atom. The number of fused-ring (bicyclic) bond motifs is 1. The zero-order valence-electron chi connectivity index (χ0n) is 12.2. The molecule has 3 atom stereocenters. The van der Waals surface area contributed by atoms with Crippen molar-refractivity contribution in [3.63, 3.8) is 0 Å². The summed E-state index contributed by atoms with van der Waals surface area (Å²) < 4.78 is 14.0. The normalized spacial score (nSPS) is 36.3. The van der Waals surface area contributed by atoms with Gasteiger partial charge in [0.1, 0.15) is 5.82 Å². The molecule has 2 aliphatic rings. The van der Waals surface area contributed by atoms with E-state index in [1.54, 1.807) is 6.07 Å². The molecule has 0 amide bonds. The van der Waals surface area contributed by atoms with Crippen molar-refractivity contribution >= 4 is 0 Å². The summed E-state index contributed by atoms with van der Waals surface area (Å²) in [5.74, 6) is 0.454. The lowest BCUT2D eigenvalue weighted by atomic mass is 9.67. The van der Waals surface area contributed by atoms with Gasteiger partial charge in [0.25, 0.3) is 0 Å². The lowest BCUT2D eigenvalue weighted by Crippen LogP contribution is -2.47. The van der Waals surface area contributed by atoms with Crippen LogP contribution in [-0.4, -0.2) is 11.7 Å². The molecule has 3 N–H and O–H groups in total. The Morgan fingerprint density at radius 1 is 1.40 bits per heavy atom. The van der Waals surface area contributed by atoms with Crippen molar-refractivity contribution in [2.75, 3.05) is 6.54 Å². The summed E-state index contributed by atoms with van der Waals surface area (Å²) in [6.45, 7) is 2.68. The van der Waals surface area contributed by atoms with Crippen LogP contribution in [0.15, 0.2) is 18.2 Å². The Kier molecular flexibility index (Phi) is 3.38. The highest BCUT2D eigenvalue weighted by Crippen LogP contribution is 2.58. The first kappa shape index (κ1) is 14.0. The Hall–Kier alpha value is -0.930. The van der Waals surface area contributed by atoms with E-state index in [4.69, 9.17) is 5.73 Å². The van der Waals surface area contributed by atoms with Crippen LogP contribution in [0.5, 0.6) is 0 Å². The molecule has 2 nitrogen and oxygen atoms in total. The highest BCUT2D eigenvalue weighted by molar-refractivity contribution is 5.40. The summed E-state index contributed by atoms with van der Waals surface area (Å²) >= 11 is 0. The predicted octanol–water partition coefficient (Wildman–Crippen LogP) is 3.11. The minimum Gasteiger partial charge on any atom is -0.385 e. The molecule has 3 heteroatoms. The molecule has 1 aromatic carbocycles. The third-order valence-electron chi connectivity index (χ3n) is 5.86. The lowest BCUT2D eigenvalue weighted by molar-refractivity contribution is -0.0855. The average Bonchev–Trinajstić information content (AvgIpc) is 3.04. The third kappa shape index (κ3) is 1.76. The standard InChI is InChI=1S/C17H24FNO/c1-2-12-6-8-16(10-12,11-19)17(20)9-7-13-14(17)4-3-5-15(13)18/h3-5,12,20H,2,6-11,19H2,1H3. The third-order valence-corrected chi connectivity index (χ3v) is 5.86. The molecular formula is C17H24FNO. The van der Waals surface area contributed by atoms with E-state index in [-0.39, 0.29) is 11.2 Å². The van der Waals surface area contributed by atoms with Crippen LogP contribution in [-0.2, 0) is 12.0 Å². The van der Waals surface area contributed by atoms with Gasteiger partial charge in [-0.2, -0.15) is 0 Å². The number of halogens is 1. The fraction of sp³-hybridized carbons (Fsp3) is 0.647. The molecule has 3 unspecified atom stereocenters. The van der Waals surface area contributed by atoms with Crippen LogP contribution in [0.1, 0.15) is 50.2 Å². The summed E-state index contributed by atoms with van der Waals surface area (Å²) in [5, 5.41) is 11.4. The second-order valence-corrected chi connectivity index (χ2v) is 6.63. The Labute approximate surface area is 120 Å². The minimum absolute atomic E-state index is 0.185. The molecule has 2 aliphatic carbocycles. The molecule has 1 fully saturated rings. The van der Waals surface area contributed by atoms with Crippen molar-refractivity contribution in [1.29, 1.82) is 0 Å². The summed E-state index contributed by atoms with van der Waals surface area (Å²) in [4.78, 5) is 0. The van der Waals surface area contributed by atoms with Crippen molar-refractivity contribution in [3.8, 4) is 0 Å². The number of benzene rings is 1. The maximum absolute atomic E-state index is 14.0. The summed E-state index contributed by atoms with van der Waals surface area (Å²) in [6, 6.07) is 5.09. The van der Waals surface area contributed by atoms with Gasteiger partial charge in [-0.05, 0) is 55.2 Å². The monoisotopic (exact) mass is 277 g/mol. The molecular weight excluding hydrogens is 253 g/mol. The number of aliphatic hydroxyl groups is 1. The van der Waals surface area contributed by atoms with Crippen LogP contribution < -0.4 is 5.73 Å². The number of rotatable bonds is 3. The maximum atomic E-state index is 14.0. The van der Waals surface area contributed by atoms with Crippen LogP contribution >= 0.6 is 0 Å². The van der Waals surface area contributed by atoms with Crippen LogP contribution in [0.3, 0.4) is 0 Å². The van der Waals surface area contributed by atoms with Crippen LogP contribution in [0.2, 0.25) is 0 Å². The van der Waals surface area contributed by atoms with Crippen LogP contribution in [0.4, 0.5) is 4.39 Å². The van der Waals surface area contributed by atoms with Gasteiger partial charge in [-0.15, -0.1) is 0 Å². The van der Waals surface area contributed by atoms with E-state index in [0.29, 0.717) is 30.9 Å². The molecule has 0 saturated heterocycles. The highest BCUT2D eigenvalue weighted by Gasteiger charge is 2.56. The van der Waals surface area contributed by atoms with Crippen molar-refractivity contribution in [3.05, 3.63) is 35.1 Å². The van der Waals surface area contributed by atoms with Crippen molar-refractivity contribution in [2.24, 2.45) is 17.1 Å². The molecule has 1 saturated carbocycles. The Bertz CT molecular complexity index is 518. The molecule has 0 bridgehead atoms. The van der Waals surface area contributed by atoms with E-state index < -0.39 is 5.60 Å². The Balaban J connectivity index is 2.04. The lowest BCUT2D eigenvalue weighted by Gasteiger charge is -2.43. The minimum atomic E-state index is -0.941. The summed E-state index contributed by atoms with van der Waals surface area (Å²) in [5.41, 5.74) is 6.37. The number of nitrogens with two attached hydrogens (primary N) is 1. The van der Waals surface area contributed by atoms with Crippen LogP contribution in [0.25, 0.3) is 0 Å². The van der Waals surface area contributed by atoms with E-state index in [1.165, 1.54) is 6.07 Å². The molecule has 1 aromatic rings. The smallest absolute Gasteiger partial charge is 0.126 e. The van der Waals surface area contributed by atoms with E-state index in [9.17, 15) is 9.50 Å². The van der Waals surface area contributed by atoms with Gasteiger partial charge in [-0.3, -0.25) is 0 Å². The number of hydrogen-bond acceptors (Lipinski definition) is 2. The average molecular weight is 277 g/mol. The fourth-order valence-corrected chi connectivity index (χ4v) is 4.51. The zero-order valence-corrected chi connectivity index (χ0v) is 12.2. The van der Waals surface area contributed by atoms with Crippen molar-refractivity contribution < 1.29 is 9.50 Å². The number of hydrogen-bond donors (Lipinski definition) is 2. The SMILES string of the molecule is CCC1CCC(CN)(C2(O)CCc3c(F)cccc32)C1. The van der Waals surface area contributed by atoms with Gasteiger partial charge in [-0.25, -0.2) is 4.39 Å². The van der Waals surface area contributed by atoms with Gasteiger partial charge >= 0.3 is 0 Å². The molecule has 0 aliphatic heterocycles. The fourth-order valence-electron chi connectivity index (χ4n) is 4.51. The van der Waals surface area contributed by atoms with Gasteiger partial charge in [0.15, 0.2) is 0 Å². The second-order valence-electron chi connectivity index (χ2n) is 6.63. The van der Waals surface area contributed by atoms with E-state index >= 15 is 0 Å². The van der Waals surface area contributed by atoms with Crippen molar-refractivity contribution in [2.45, 2.75) is 51.0 Å². The molecule has 0 radical (unpaired) electrons.